The van der Waals surface area contributed by atoms with E-state index in [1.54, 1.807) is 45.2 Å². The lowest BCUT2D eigenvalue weighted by molar-refractivity contribution is -0.165. The summed E-state index contributed by atoms with van der Waals surface area (Å²) in [6.07, 6.45) is -9.92. The summed E-state index contributed by atoms with van der Waals surface area (Å²) in [6, 6.07) is 19.8. The molecule has 68 heavy (non-hydrogen) atoms. The minimum atomic E-state index is -1.83. The van der Waals surface area contributed by atoms with Gasteiger partial charge < -0.3 is 54.8 Å². The summed E-state index contributed by atoms with van der Waals surface area (Å²) in [5.74, 6) is -4.13. The monoisotopic (exact) mass is 949 g/mol. The number of aliphatic hydroxyl groups excluding tert-OH is 4. The largest absolute Gasteiger partial charge is 0.459 e. The maximum absolute atomic E-state index is 14.4. The summed E-state index contributed by atoms with van der Waals surface area (Å²) in [5.41, 5.74) is 4.36. The molecular formula is C49H67N5O14. The Kier molecular flexibility index (Phi) is 20.1. The number of aliphatic hydroxyl groups is 4. The van der Waals surface area contributed by atoms with Crippen LogP contribution in [-0.2, 0) is 55.9 Å². The van der Waals surface area contributed by atoms with Crippen LogP contribution in [-0.4, -0.2) is 135 Å². The van der Waals surface area contributed by atoms with Gasteiger partial charge in [-0.25, -0.2) is 9.80 Å². The molecule has 0 radical (unpaired) electrons. The Morgan fingerprint density at radius 1 is 0.824 bits per heavy atom. The third kappa shape index (κ3) is 16.4. The number of carbonyl (C=O) groups excluding carboxylic acids is 6. The number of esters is 2. The molecule has 2 heterocycles. The first-order valence-corrected chi connectivity index (χ1v) is 22.4. The normalized spacial score (nSPS) is 19.4. The predicted molar refractivity (Wildman–Crippen MR) is 246 cm³/mol. The van der Waals surface area contributed by atoms with Crippen LogP contribution in [0.4, 0.5) is 4.79 Å². The fourth-order valence-electron chi connectivity index (χ4n) is 7.60. The van der Waals surface area contributed by atoms with Crippen LogP contribution < -0.4 is 16.1 Å². The third-order valence-electron chi connectivity index (χ3n) is 11.4. The molecule has 1 saturated heterocycles. The summed E-state index contributed by atoms with van der Waals surface area (Å²) in [6.45, 7) is 11.0. The Bertz CT molecular complexity index is 2130. The van der Waals surface area contributed by atoms with Gasteiger partial charge >= 0.3 is 18.0 Å². The predicted octanol–water partition coefficient (Wildman–Crippen LogP) is 2.76. The topological polar surface area (TPSA) is 272 Å². The molecule has 19 nitrogen and oxygen atoms in total. The number of carbonyl (C=O) groups is 6. The number of ether oxygens (including phenoxy) is 4. The van der Waals surface area contributed by atoms with Crippen molar-refractivity contribution in [2.45, 2.75) is 130 Å². The first-order chi connectivity index (χ1) is 32.0. The molecule has 9 atom stereocenters. The first kappa shape index (κ1) is 54.8. The number of nitrogens with one attached hydrogen (secondary N) is 3. The van der Waals surface area contributed by atoms with Gasteiger partial charge in [-0.15, -0.1) is 0 Å². The zero-order valence-corrected chi connectivity index (χ0v) is 39.9. The quantitative estimate of drug-likeness (QED) is 0.0434. The summed E-state index contributed by atoms with van der Waals surface area (Å²) >= 11 is 0. The van der Waals surface area contributed by atoms with Crippen LogP contribution in [0.3, 0.4) is 0 Å². The van der Waals surface area contributed by atoms with Crippen molar-refractivity contribution in [1.82, 2.24) is 26.1 Å². The Morgan fingerprint density at radius 3 is 2.04 bits per heavy atom. The van der Waals surface area contributed by atoms with Gasteiger partial charge in [-0.3, -0.25) is 29.6 Å². The van der Waals surface area contributed by atoms with Crippen LogP contribution in [0.1, 0.15) is 78.9 Å². The van der Waals surface area contributed by atoms with Crippen LogP contribution in [0.5, 0.6) is 0 Å². The molecule has 1 fully saturated rings. The smallest absolute Gasteiger partial charge is 0.407 e. The second-order valence-corrected chi connectivity index (χ2v) is 19.0. The number of amides is 3. The number of nitrogens with zero attached hydrogens (tertiary/aromatic N) is 2. The first-order valence-electron chi connectivity index (χ1n) is 22.4. The van der Waals surface area contributed by atoms with Gasteiger partial charge in [0.15, 0.2) is 12.4 Å². The maximum atomic E-state index is 14.4. The minimum absolute atomic E-state index is 0.00313. The Labute approximate surface area is 396 Å². The van der Waals surface area contributed by atoms with E-state index in [1.807, 2.05) is 75.4 Å². The average Bonchev–Trinajstić information content (AvgIpc) is 3.56. The molecule has 0 spiro atoms. The van der Waals surface area contributed by atoms with E-state index in [2.05, 4.69) is 21.0 Å². The summed E-state index contributed by atoms with van der Waals surface area (Å²) in [5, 5.41) is 47.2. The van der Waals surface area contributed by atoms with Gasteiger partial charge in [0.25, 0.3) is 5.91 Å². The Morgan fingerprint density at radius 2 is 1.47 bits per heavy atom. The zero-order valence-electron chi connectivity index (χ0n) is 39.9. The fraction of sp³-hybridized carbons (Fsp3) is 0.531. The number of rotatable bonds is 22. The summed E-state index contributed by atoms with van der Waals surface area (Å²) < 4.78 is 21.4. The van der Waals surface area contributed by atoms with E-state index >= 15 is 0 Å². The van der Waals surface area contributed by atoms with Crippen LogP contribution in [0.25, 0.3) is 11.3 Å². The second-order valence-electron chi connectivity index (χ2n) is 19.0. The average molecular weight is 950 g/mol. The van der Waals surface area contributed by atoms with Crippen molar-refractivity contribution >= 4 is 35.6 Å². The molecule has 4 rings (SSSR count). The second kappa shape index (κ2) is 25.0. The van der Waals surface area contributed by atoms with E-state index in [4.69, 9.17) is 18.9 Å². The third-order valence-corrected chi connectivity index (χ3v) is 11.4. The standard InChI is InChI=1S/C49H67N5O14/c1-29(56)24-33(48(2,3)4)44(61)51-35(25-30-14-10-9-11-15-30)37(66-38(58)21-22-39(59)67-42-40(60)46(63)68-41(42)36(57)28-55)27-54(53-45(62)43(49(5,6)7)52-47(64)65-8)26-31-17-19-32(20-18-31)34-16-12-13-23-50-34/h9-20,23,33,35-37,40-43,46,55,57,60,63H,21-22,24-28H2,1-8H3,(H,51,61)(H,52,64)(H,53,62)/t33-,35?,36?,37-,40?,41?,42?,43-,46?/m0/s1. The summed E-state index contributed by atoms with van der Waals surface area (Å²) in [7, 11) is 1.17. The number of hydrazine groups is 1. The van der Waals surface area contributed by atoms with Crippen molar-refractivity contribution in [2.24, 2.45) is 16.7 Å². The molecule has 1 aliphatic heterocycles. The van der Waals surface area contributed by atoms with Crippen molar-refractivity contribution in [2.75, 3.05) is 20.3 Å². The maximum Gasteiger partial charge on any atom is 0.407 e. The van der Waals surface area contributed by atoms with Gasteiger partial charge in [0.1, 0.15) is 36.2 Å². The number of hydrogen-bond acceptors (Lipinski definition) is 16. The highest BCUT2D eigenvalue weighted by Gasteiger charge is 2.48. The molecule has 1 aliphatic rings. The van der Waals surface area contributed by atoms with Gasteiger partial charge in [0.2, 0.25) is 5.91 Å². The molecule has 0 aliphatic carbocycles. The highest BCUT2D eigenvalue weighted by Crippen LogP contribution is 2.30. The number of Topliss-reactive ketones (excluding diaryl/α,β-unsaturated/α-hetero) is 1. The molecule has 19 heteroatoms. The lowest BCUT2D eigenvalue weighted by Gasteiger charge is -2.37. The molecule has 1 aromatic heterocycles. The van der Waals surface area contributed by atoms with Crippen molar-refractivity contribution in [1.29, 1.82) is 0 Å². The number of methoxy groups -OCH3 is 1. The van der Waals surface area contributed by atoms with Crippen LogP contribution >= 0.6 is 0 Å². The van der Waals surface area contributed by atoms with Crippen molar-refractivity contribution in [3.63, 3.8) is 0 Å². The molecule has 0 saturated carbocycles. The van der Waals surface area contributed by atoms with Crippen molar-refractivity contribution in [3.8, 4) is 11.3 Å². The van der Waals surface area contributed by atoms with E-state index in [1.165, 1.54) is 19.0 Å². The lowest BCUT2D eigenvalue weighted by Crippen LogP contribution is -2.60. The Hall–Kier alpha value is -5.83. The van der Waals surface area contributed by atoms with Crippen LogP contribution in [0, 0.1) is 16.7 Å². The van der Waals surface area contributed by atoms with Crippen LogP contribution in [0.2, 0.25) is 0 Å². The van der Waals surface area contributed by atoms with E-state index in [-0.39, 0.29) is 31.7 Å². The minimum Gasteiger partial charge on any atom is -0.459 e. The van der Waals surface area contributed by atoms with Gasteiger partial charge in [-0.2, -0.15) is 0 Å². The molecule has 3 amide bonds. The van der Waals surface area contributed by atoms with Crippen LogP contribution in [0.15, 0.2) is 79.0 Å². The molecule has 6 unspecified atom stereocenters. The number of benzene rings is 2. The van der Waals surface area contributed by atoms with Gasteiger partial charge in [0.05, 0.1) is 44.8 Å². The van der Waals surface area contributed by atoms with Gasteiger partial charge in [-0.05, 0) is 47.4 Å². The highest BCUT2D eigenvalue weighted by atomic mass is 16.7. The summed E-state index contributed by atoms with van der Waals surface area (Å²) in [4.78, 5) is 85.3. The molecule has 3 aromatic rings. The molecular weight excluding hydrogens is 883 g/mol. The van der Waals surface area contributed by atoms with Gasteiger partial charge in [-0.1, -0.05) is 102 Å². The highest BCUT2D eigenvalue weighted by molar-refractivity contribution is 5.87. The number of aromatic nitrogens is 1. The number of hydrogen-bond donors (Lipinski definition) is 7. The molecule has 372 valence electrons. The van der Waals surface area contributed by atoms with Crippen molar-refractivity contribution in [3.05, 3.63) is 90.1 Å². The van der Waals surface area contributed by atoms with Gasteiger partial charge in [0, 0.05) is 30.6 Å². The SMILES string of the molecule is COC(=O)N[C@@H](C(=O)NN(Cc1ccc(-c2ccccn2)cc1)C[C@H](OC(=O)CCC(=O)OC1C(O)C(O)OC1C(O)CO)C(Cc1ccccc1)NC(=O)[C@H](CC(C)=O)C(C)(C)C)C(C)(C)C. The molecule has 7 N–H and O–H groups in total. The van der Waals surface area contributed by atoms with E-state index in [0.717, 1.165) is 16.8 Å². The van der Waals surface area contributed by atoms with E-state index in [0.29, 0.717) is 5.56 Å². The number of alkyl carbamates (subject to hydrolysis) is 1. The lowest BCUT2D eigenvalue weighted by atomic mass is 9.77. The van der Waals surface area contributed by atoms with Crippen molar-refractivity contribution < 1.29 is 68.1 Å². The fourth-order valence-corrected chi connectivity index (χ4v) is 7.60. The number of pyridine rings is 1. The van der Waals surface area contributed by atoms with E-state index < -0.39 is 115 Å². The Balaban J connectivity index is 1.76. The molecule has 0 bridgehead atoms. The van der Waals surface area contributed by atoms with E-state index in [9.17, 15) is 49.2 Å². The number of ketones is 1. The molecule has 2 aromatic carbocycles. The zero-order chi connectivity index (χ0) is 50.3.